The zero-order chi connectivity index (χ0) is 19.6. The van der Waals surface area contributed by atoms with E-state index < -0.39 is 0 Å². The summed E-state index contributed by atoms with van der Waals surface area (Å²) >= 11 is 0. The SMILES string of the molecule is CCNC(=NCC(C)Cn1cccn1)N1CCC(OCC2CCCCO2)CC1.I. The lowest BCUT2D eigenvalue weighted by Gasteiger charge is -2.35. The van der Waals surface area contributed by atoms with Crippen molar-refractivity contribution in [2.45, 2.75) is 64.7 Å². The number of guanidine groups is 1. The first-order chi connectivity index (χ1) is 13.7. The van der Waals surface area contributed by atoms with Crippen LogP contribution >= 0.6 is 24.0 Å². The number of piperidine rings is 1. The van der Waals surface area contributed by atoms with E-state index in [1.807, 2.05) is 23.1 Å². The number of ether oxygens (including phenoxy) is 2. The maximum Gasteiger partial charge on any atom is 0.193 e. The van der Waals surface area contributed by atoms with Gasteiger partial charge in [-0.25, -0.2) is 0 Å². The summed E-state index contributed by atoms with van der Waals surface area (Å²) in [6, 6.07) is 1.96. The number of nitrogens with zero attached hydrogens (tertiary/aromatic N) is 4. The highest BCUT2D eigenvalue weighted by atomic mass is 127. The lowest BCUT2D eigenvalue weighted by Crippen LogP contribution is -2.47. The third-order valence-corrected chi connectivity index (χ3v) is 5.48. The van der Waals surface area contributed by atoms with Gasteiger partial charge in [0.05, 0.1) is 18.8 Å². The molecule has 0 radical (unpaired) electrons. The van der Waals surface area contributed by atoms with E-state index >= 15 is 0 Å². The van der Waals surface area contributed by atoms with Crippen LogP contribution in [0.4, 0.5) is 0 Å². The van der Waals surface area contributed by atoms with Crippen LogP contribution in [0.5, 0.6) is 0 Å². The average molecular weight is 519 g/mol. The molecule has 1 N–H and O–H groups in total. The summed E-state index contributed by atoms with van der Waals surface area (Å²) in [7, 11) is 0. The molecule has 0 saturated carbocycles. The molecule has 3 heterocycles. The summed E-state index contributed by atoms with van der Waals surface area (Å²) in [5.41, 5.74) is 0. The Hall–Kier alpha value is -0.870. The maximum atomic E-state index is 6.15. The van der Waals surface area contributed by atoms with Crippen LogP contribution in [0.2, 0.25) is 0 Å². The molecule has 29 heavy (non-hydrogen) atoms. The van der Waals surface area contributed by atoms with Gasteiger partial charge >= 0.3 is 0 Å². The quantitative estimate of drug-likeness (QED) is 0.325. The van der Waals surface area contributed by atoms with E-state index in [1.54, 1.807) is 0 Å². The van der Waals surface area contributed by atoms with Gasteiger partial charge in [-0.15, -0.1) is 24.0 Å². The van der Waals surface area contributed by atoms with Crippen molar-refractivity contribution in [2.75, 3.05) is 39.4 Å². The van der Waals surface area contributed by atoms with Crippen LogP contribution in [0.15, 0.2) is 23.5 Å². The Labute approximate surface area is 192 Å². The molecule has 3 rings (SSSR count). The Morgan fingerprint density at radius 2 is 2.14 bits per heavy atom. The highest BCUT2D eigenvalue weighted by Crippen LogP contribution is 2.18. The molecule has 2 unspecified atom stereocenters. The van der Waals surface area contributed by atoms with Crippen molar-refractivity contribution >= 4 is 29.9 Å². The summed E-state index contributed by atoms with van der Waals surface area (Å²) < 4.78 is 13.9. The number of nitrogens with one attached hydrogen (secondary N) is 1. The standard InChI is InChI=1S/C21H37N5O2.HI/c1-3-22-21(23-15-18(2)16-26-11-6-10-24-26)25-12-8-19(9-13-25)28-17-20-7-4-5-14-27-20;/h6,10-11,18-20H,3-5,7-9,12-17H2,1-2H3,(H,22,23);1H. The zero-order valence-corrected chi connectivity index (χ0v) is 20.3. The van der Waals surface area contributed by atoms with Crippen molar-refractivity contribution < 1.29 is 9.47 Å². The predicted molar refractivity (Wildman–Crippen MR) is 127 cm³/mol. The maximum absolute atomic E-state index is 6.15. The number of aliphatic imine (C=N–C) groups is 1. The summed E-state index contributed by atoms with van der Waals surface area (Å²) in [5, 5.41) is 7.75. The number of hydrogen-bond acceptors (Lipinski definition) is 4. The van der Waals surface area contributed by atoms with Gasteiger partial charge in [0.1, 0.15) is 0 Å². The van der Waals surface area contributed by atoms with Crippen LogP contribution in [0.1, 0.15) is 46.0 Å². The zero-order valence-electron chi connectivity index (χ0n) is 18.0. The molecule has 0 spiro atoms. The second-order valence-electron chi connectivity index (χ2n) is 8.04. The fourth-order valence-electron chi connectivity index (χ4n) is 3.87. The topological polar surface area (TPSA) is 63.9 Å². The van der Waals surface area contributed by atoms with Crippen molar-refractivity contribution in [1.82, 2.24) is 20.0 Å². The van der Waals surface area contributed by atoms with Gasteiger partial charge in [-0.05, 0) is 51.0 Å². The third kappa shape index (κ3) is 8.41. The number of rotatable bonds is 8. The normalized spacial score (nSPS) is 22.2. The second kappa shape index (κ2) is 13.4. The highest BCUT2D eigenvalue weighted by Gasteiger charge is 2.23. The van der Waals surface area contributed by atoms with E-state index in [-0.39, 0.29) is 24.0 Å². The van der Waals surface area contributed by atoms with Crippen LogP contribution in [0.3, 0.4) is 0 Å². The Kier molecular flexibility index (Phi) is 11.3. The number of halogens is 1. The van der Waals surface area contributed by atoms with Crippen molar-refractivity contribution in [3.63, 3.8) is 0 Å². The van der Waals surface area contributed by atoms with Crippen molar-refractivity contribution in [3.8, 4) is 0 Å². The second-order valence-corrected chi connectivity index (χ2v) is 8.04. The Bertz CT molecular complexity index is 570. The van der Waals surface area contributed by atoms with Gasteiger partial charge in [0.15, 0.2) is 5.96 Å². The van der Waals surface area contributed by atoms with Crippen molar-refractivity contribution in [1.29, 1.82) is 0 Å². The summed E-state index contributed by atoms with van der Waals surface area (Å²) in [6.07, 6.45) is 10.2. The first-order valence-corrected chi connectivity index (χ1v) is 11.0. The highest BCUT2D eigenvalue weighted by molar-refractivity contribution is 14.0. The molecule has 166 valence electrons. The Balaban J connectivity index is 0.00000300. The smallest absolute Gasteiger partial charge is 0.193 e. The monoisotopic (exact) mass is 519 g/mol. The minimum Gasteiger partial charge on any atom is -0.376 e. The van der Waals surface area contributed by atoms with Gasteiger partial charge < -0.3 is 19.7 Å². The van der Waals surface area contributed by atoms with E-state index in [0.717, 1.165) is 71.2 Å². The molecule has 0 aliphatic carbocycles. The van der Waals surface area contributed by atoms with Crippen LogP contribution < -0.4 is 5.32 Å². The molecule has 8 heteroatoms. The molecule has 2 fully saturated rings. The molecule has 2 saturated heterocycles. The molecule has 0 aromatic carbocycles. The van der Waals surface area contributed by atoms with E-state index in [1.165, 1.54) is 12.8 Å². The van der Waals surface area contributed by atoms with Crippen molar-refractivity contribution in [3.05, 3.63) is 18.5 Å². The first-order valence-electron chi connectivity index (χ1n) is 11.0. The fourth-order valence-corrected chi connectivity index (χ4v) is 3.87. The van der Waals surface area contributed by atoms with Gasteiger partial charge in [-0.1, -0.05) is 6.92 Å². The molecule has 7 nitrogen and oxygen atoms in total. The lowest BCUT2D eigenvalue weighted by molar-refractivity contribution is -0.0721. The van der Waals surface area contributed by atoms with Crippen LogP contribution in [-0.4, -0.2) is 72.2 Å². The van der Waals surface area contributed by atoms with E-state index in [0.29, 0.717) is 18.1 Å². The Morgan fingerprint density at radius 1 is 1.31 bits per heavy atom. The van der Waals surface area contributed by atoms with E-state index in [2.05, 4.69) is 29.2 Å². The molecule has 1 aromatic rings. The summed E-state index contributed by atoms with van der Waals surface area (Å²) in [5.74, 6) is 1.48. The minimum atomic E-state index is 0. The molecule has 2 aliphatic rings. The van der Waals surface area contributed by atoms with Crippen LogP contribution in [0, 0.1) is 5.92 Å². The number of aromatic nitrogens is 2. The largest absolute Gasteiger partial charge is 0.376 e. The third-order valence-electron chi connectivity index (χ3n) is 5.48. The predicted octanol–water partition coefficient (Wildman–Crippen LogP) is 3.15. The average Bonchev–Trinajstić information content (AvgIpc) is 3.24. The number of hydrogen-bond donors (Lipinski definition) is 1. The molecule has 0 bridgehead atoms. The number of likely N-dealkylation sites (tertiary alicyclic amines) is 1. The van der Waals surface area contributed by atoms with Gasteiger partial charge in [0.2, 0.25) is 0 Å². The van der Waals surface area contributed by atoms with Gasteiger partial charge in [0, 0.05) is 51.7 Å². The van der Waals surface area contributed by atoms with Gasteiger partial charge in [-0.2, -0.15) is 5.10 Å². The molecule has 2 aliphatic heterocycles. The molecular weight excluding hydrogens is 481 g/mol. The molecule has 0 amide bonds. The van der Waals surface area contributed by atoms with Crippen LogP contribution in [0.25, 0.3) is 0 Å². The summed E-state index contributed by atoms with van der Waals surface area (Å²) in [4.78, 5) is 7.27. The van der Waals surface area contributed by atoms with Gasteiger partial charge in [0.25, 0.3) is 0 Å². The van der Waals surface area contributed by atoms with Crippen molar-refractivity contribution in [2.24, 2.45) is 10.9 Å². The van der Waals surface area contributed by atoms with E-state index in [4.69, 9.17) is 14.5 Å². The minimum absolute atomic E-state index is 0. The molecule has 2 atom stereocenters. The molecule has 1 aromatic heterocycles. The first kappa shape index (κ1) is 24.4. The Morgan fingerprint density at radius 3 is 2.79 bits per heavy atom. The van der Waals surface area contributed by atoms with Crippen LogP contribution in [-0.2, 0) is 16.0 Å². The molecular formula is C21H38IN5O2. The van der Waals surface area contributed by atoms with Gasteiger partial charge in [-0.3, -0.25) is 9.67 Å². The lowest BCUT2D eigenvalue weighted by atomic mass is 10.1. The van der Waals surface area contributed by atoms with E-state index in [9.17, 15) is 0 Å². The summed E-state index contributed by atoms with van der Waals surface area (Å²) in [6.45, 7) is 10.6. The fraction of sp³-hybridized carbons (Fsp3) is 0.810.